The minimum absolute atomic E-state index is 0.0610. The predicted molar refractivity (Wildman–Crippen MR) is 181 cm³/mol. The molecule has 0 fully saturated rings. The minimum atomic E-state index is -4.10. The average molecular weight is 603 g/mol. The zero-order valence-corrected chi connectivity index (χ0v) is 26.8. The SMILES string of the molecule is CCCCCCCCCCCCc1ccccc1S(=O)(=O)O.Cc1c(S)ccc(-c2ccccc2)c1-c1ccccc1. The van der Waals surface area contributed by atoms with Crippen LogP contribution in [0.25, 0.3) is 22.3 Å². The monoisotopic (exact) mass is 602 g/mol. The fourth-order valence-electron chi connectivity index (χ4n) is 5.30. The molecule has 0 saturated heterocycles. The van der Waals surface area contributed by atoms with Gasteiger partial charge in [-0.05, 0) is 65.3 Å². The quantitative estimate of drug-likeness (QED) is 0.0857. The van der Waals surface area contributed by atoms with E-state index in [9.17, 15) is 13.0 Å². The third-order valence-corrected chi connectivity index (χ3v) is 9.07. The molecule has 5 heteroatoms. The topological polar surface area (TPSA) is 54.4 Å². The molecule has 0 aromatic heterocycles. The molecule has 4 aromatic rings. The predicted octanol–water partition coefficient (Wildman–Crippen LogP) is 11.0. The molecule has 0 saturated carbocycles. The van der Waals surface area contributed by atoms with Gasteiger partial charge in [0.2, 0.25) is 0 Å². The second-order valence-electron chi connectivity index (χ2n) is 10.9. The minimum Gasteiger partial charge on any atom is -0.282 e. The standard InChI is InChI=1S/C19H16S.C18H30O3S/c1-14-18(20)13-12-17(15-8-4-2-5-9-15)19(14)16-10-6-3-7-11-16;1-2-3-4-5-6-7-8-9-10-11-14-17-15-12-13-16-18(17)22(19,20)21/h2-13,20H,1H3;12-13,15-16H,2-11,14H2,1H3,(H,19,20,21). The number of hydrogen-bond acceptors (Lipinski definition) is 3. The van der Waals surface area contributed by atoms with Crippen LogP contribution in [-0.4, -0.2) is 13.0 Å². The van der Waals surface area contributed by atoms with E-state index in [-0.39, 0.29) is 4.90 Å². The summed E-state index contributed by atoms with van der Waals surface area (Å²) in [6.45, 7) is 4.37. The smallest absolute Gasteiger partial charge is 0.282 e. The number of rotatable bonds is 14. The van der Waals surface area contributed by atoms with Gasteiger partial charge in [-0.1, -0.05) is 150 Å². The van der Waals surface area contributed by atoms with Crippen molar-refractivity contribution in [3.8, 4) is 22.3 Å². The van der Waals surface area contributed by atoms with Crippen molar-refractivity contribution in [1.29, 1.82) is 0 Å². The van der Waals surface area contributed by atoms with Crippen LogP contribution in [0, 0.1) is 6.92 Å². The third-order valence-electron chi connectivity index (χ3n) is 7.63. The highest BCUT2D eigenvalue weighted by molar-refractivity contribution is 7.85. The molecule has 0 spiro atoms. The van der Waals surface area contributed by atoms with Crippen LogP contribution in [0.5, 0.6) is 0 Å². The van der Waals surface area contributed by atoms with Crippen molar-refractivity contribution < 1.29 is 13.0 Å². The van der Waals surface area contributed by atoms with Crippen LogP contribution in [0.1, 0.15) is 82.3 Å². The van der Waals surface area contributed by atoms with Gasteiger partial charge in [-0.25, -0.2) is 0 Å². The molecule has 42 heavy (non-hydrogen) atoms. The zero-order valence-electron chi connectivity index (χ0n) is 25.1. The van der Waals surface area contributed by atoms with Gasteiger partial charge >= 0.3 is 0 Å². The number of unbranched alkanes of at least 4 members (excludes halogenated alkanes) is 9. The van der Waals surface area contributed by atoms with Crippen LogP contribution in [0.2, 0.25) is 0 Å². The van der Waals surface area contributed by atoms with Gasteiger partial charge in [-0.2, -0.15) is 8.42 Å². The molecule has 0 bridgehead atoms. The molecule has 0 unspecified atom stereocenters. The maximum absolute atomic E-state index is 11.3. The molecule has 0 aliphatic rings. The van der Waals surface area contributed by atoms with E-state index in [1.807, 2.05) is 18.2 Å². The first kappa shape index (κ1) is 33.6. The van der Waals surface area contributed by atoms with E-state index >= 15 is 0 Å². The molecule has 0 atom stereocenters. The van der Waals surface area contributed by atoms with E-state index < -0.39 is 10.1 Å². The van der Waals surface area contributed by atoms with Crippen molar-refractivity contribution in [2.75, 3.05) is 0 Å². The number of aryl methyl sites for hydroxylation is 1. The molecular weight excluding hydrogens is 557 g/mol. The lowest BCUT2D eigenvalue weighted by atomic mass is 9.91. The van der Waals surface area contributed by atoms with Crippen molar-refractivity contribution in [3.05, 3.63) is 108 Å². The largest absolute Gasteiger partial charge is 0.294 e. The summed E-state index contributed by atoms with van der Waals surface area (Å²) in [4.78, 5) is 1.09. The van der Waals surface area contributed by atoms with E-state index in [1.54, 1.807) is 12.1 Å². The molecule has 0 aliphatic heterocycles. The van der Waals surface area contributed by atoms with Gasteiger partial charge in [0.05, 0.1) is 4.90 Å². The molecule has 0 amide bonds. The third kappa shape index (κ3) is 10.8. The number of thiol groups is 1. The highest BCUT2D eigenvalue weighted by Crippen LogP contribution is 2.37. The van der Waals surface area contributed by atoms with Crippen LogP contribution < -0.4 is 0 Å². The fraction of sp³-hybridized carbons (Fsp3) is 0.351. The molecule has 224 valence electrons. The Kier molecular flexibility index (Phi) is 14.4. The number of hydrogen-bond donors (Lipinski definition) is 2. The van der Waals surface area contributed by atoms with E-state index in [0.29, 0.717) is 6.42 Å². The van der Waals surface area contributed by atoms with E-state index in [1.165, 1.54) is 85.3 Å². The summed E-state index contributed by atoms with van der Waals surface area (Å²) in [7, 11) is -4.10. The molecule has 0 radical (unpaired) electrons. The van der Waals surface area contributed by atoms with Gasteiger partial charge in [0.1, 0.15) is 0 Å². The lowest BCUT2D eigenvalue weighted by Crippen LogP contribution is -2.03. The summed E-state index contributed by atoms with van der Waals surface area (Å²) >= 11 is 4.58. The van der Waals surface area contributed by atoms with Gasteiger partial charge < -0.3 is 0 Å². The summed E-state index contributed by atoms with van der Waals surface area (Å²) in [6, 6.07) is 32.0. The van der Waals surface area contributed by atoms with Crippen molar-refractivity contribution >= 4 is 22.7 Å². The summed E-state index contributed by atoms with van der Waals surface area (Å²) in [5.74, 6) is 0. The van der Waals surface area contributed by atoms with Gasteiger partial charge in [-0.3, -0.25) is 4.55 Å². The second kappa shape index (κ2) is 17.9. The molecule has 0 heterocycles. The van der Waals surface area contributed by atoms with Crippen LogP contribution in [0.4, 0.5) is 0 Å². The summed E-state index contributed by atoms with van der Waals surface area (Å²) in [6.07, 6.45) is 13.3. The van der Waals surface area contributed by atoms with Crippen molar-refractivity contribution in [3.63, 3.8) is 0 Å². The Balaban J connectivity index is 0.000000231. The normalized spacial score (nSPS) is 11.1. The van der Waals surface area contributed by atoms with E-state index in [4.69, 9.17) is 0 Å². The van der Waals surface area contributed by atoms with Gasteiger partial charge in [0.25, 0.3) is 10.1 Å². The van der Waals surface area contributed by atoms with Crippen molar-refractivity contribution in [1.82, 2.24) is 0 Å². The highest BCUT2D eigenvalue weighted by Gasteiger charge is 2.14. The van der Waals surface area contributed by atoms with Gasteiger partial charge in [0.15, 0.2) is 0 Å². The Morgan fingerprint density at radius 1 is 0.619 bits per heavy atom. The Labute approximate surface area is 259 Å². The molecule has 1 N–H and O–H groups in total. The van der Waals surface area contributed by atoms with Crippen LogP contribution >= 0.6 is 12.6 Å². The average Bonchev–Trinajstić information content (AvgIpc) is 3.00. The molecule has 4 rings (SSSR count). The maximum Gasteiger partial charge on any atom is 0.294 e. The molecule has 4 aromatic carbocycles. The summed E-state index contributed by atoms with van der Waals surface area (Å²) in [5, 5.41) is 0. The van der Waals surface area contributed by atoms with Gasteiger partial charge in [0, 0.05) is 4.90 Å². The summed E-state index contributed by atoms with van der Waals surface area (Å²) in [5.41, 5.74) is 6.95. The first-order chi connectivity index (χ1) is 20.3. The van der Waals surface area contributed by atoms with Crippen LogP contribution in [0.3, 0.4) is 0 Å². The lowest BCUT2D eigenvalue weighted by molar-refractivity contribution is 0.481. The van der Waals surface area contributed by atoms with Crippen molar-refractivity contribution in [2.45, 2.75) is 94.3 Å². The Morgan fingerprint density at radius 3 is 1.69 bits per heavy atom. The summed E-state index contributed by atoms with van der Waals surface area (Å²) < 4.78 is 31.8. The van der Waals surface area contributed by atoms with E-state index in [2.05, 4.69) is 87.1 Å². The molecular formula is C37H46O3S2. The second-order valence-corrected chi connectivity index (χ2v) is 12.8. The first-order valence-corrected chi connectivity index (χ1v) is 17.2. The van der Waals surface area contributed by atoms with Gasteiger partial charge in [-0.15, -0.1) is 12.6 Å². The fourth-order valence-corrected chi connectivity index (χ4v) is 6.24. The zero-order chi connectivity index (χ0) is 30.2. The molecule has 3 nitrogen and oxygen atoms in total. The van der Waals surface area contributed by atoms with Crippen molar-refractivity contribution in [2.24, 2.45) is 0 Å². The highest BCUT2D eigenvalue weighted by atomic mass is 32.2. The Morgan fingerprint density at radius 2 is 1.12 bits per heavy atom. The first-order valence-electron chi connectivity index (χ1n) is 15.3. The number of benzene rings is 4. The van der Waals surface area contributed by atoms with E-state index in [0.717, 1.165) is 23.3 Å². The molecule has 0 aliphatic carbocycles. The lowest BCUT2D eigenvalue weighted by Gasteiger charge is -2.15. The maximum atomic E-state index is 11.3. The Hall–Kier alpha value is -2.86. The Bertz CT molecular complexity index is 1450. The van der Waals surface area contributed by atoms with Crippen LogP contribution in [-0.2, 0) is 16.5 Å². The van der Waals surface area contributed by atoms with Crippen LogP contribution in [0.15, 0.2) is 107 Å².